The standard InChI is InChI=1S/C19H20F2N2O4/c1-19(2,3)27-18(25)23-15-10-12(8-9-13(15)20)22-17(24)11-26-16-7-5-4-6-14(16)21/h4-10H,11H2,1-3H3,(H,22,24)(H,23,25). The molecule has 2 amide bonds. The van der Waals surface area contributed by atoms with Crippen molar-refractivity contribution in [2.45, 2.75) is 26.4 Å². The second kappa shape index (κ2) is 8.48. The number of amides is 2. The van der Waals surface area contributed by atoms with Crippen LogP contribution in [0.2, 0.25) is 0 Å². The van der Waals surface area contributed by atoms with Gasteiger partial charge in [-0.2, -0.15) is 0 Å². The summed E-state index contributed by atoms with van der Waals surface area (Å²) in [5, 5.41) is 4.75. The Labute approximate surface area is 155 Å². The Kier molecular flexibility index (Phi) is 6.33. The van der Waals surface area contributed by atoms with Gasteiger partial charge in [0.05, 0.1) is 5.69 Å². The normalized spacial score (nSPS) is 10.9. The van der Waals surface area contributed by atoms with Gasteiger partial charge in [-0.3, -0.25) is 10.1 Å². The molecule has 0 heterocycles. The Morgan fingerprint density at radius 1 is 1.00 bits per heavy atom. The molecular weight excluding hydrogens is 358 g/mol. The molecule has 0 aliphatic heterocycles. The number of carbonyl (C=O) groups excluding carboxylic acids is 2. The molecule has 0 aliphatic rings. The highest BCUT2D eigenvalue weighted by atomic mass is 19.1. The third-order valence-electron chi connectivity index (χ3n) is 3.08. The molecule has 0 aromatic heterocycles. The zero-order valence-corrected chi connectivity index (χ0v) is 15.1. The van der Waals surface area contributed by atoms with Gasteiger partial charge in [0.1, 0.15) is 11.4 Å². The minimum absolute atomic E-state index is 0.0564. The van der Waals surface area contributed by atoms with E-state index >= 15 is 0 Å². The van der Waals surface area contributed by atoms with E-state index in [0.717, 1.165) is 6.07 Å². The Morgan fingerprint density at radius 3 is 2.37 bits per heavy atom. The van der Waals surface area contributed by atoms with Crippen LogP contribution in [0, 0.1) is 11.6 Å². The van der Waals surface area contributed by atoms with Crippen molar-refractivity contribution < 1.29 is 27.8 Å². The number of hydrogen-bond acceptors (Lipinski definition) is 4. The van der Waals surface area contributed by atoms with Crippen molar-refractivity contribution in [2.24, 2.45) is 0 Å². The van der Waals surface area contributed by atoms with E-state index in [9.17, 15) is 18.4 Å². The van der Waals surface area contributed by atoms with Gasteiger partial charge in [-0.25, -0.2) is 13.6 Å². The van der Waals surface area contributed by atoms with E-state index in [4.69, 9.17) is 9.47 Å². The molecular formula is C19H20F2N2O4. The monoisotopic (exact) mass is 378 g/mol. The molecule has 0 spiro atoms. The molecule has 2 aromatic carbocycles. The number of nitrogens with one attached hydrogen (secondary N) is 2. The molecule has 27 heavy (non-hydrogen) atoms. The topological polar surface area (TPSA) is 76.7 Å². The van der Waals surface area contributed by atoms with E-state index in [0.29, 0.717) is 0 Å². The van der Waals surface area contributed by atoms with Gasteiger partial charge < -0.3 is 14.8 Å². The fourth-order valence-corrected chi connectivity index (χ4v) is 2.01. The number of halogens is 2. The first-order valence-corrected chi connectivity index (χ1v) is 8.11. The summed E-state index contributed by atoms with van der Waals surface area (Å²) in [7, 11) is 0. The molecule has 0 unspecified atom stereocenters. The molecule has 0 fully saturated rings. The van der Waals surface area contributed by atoms with Crippen LogP contribution in [0.1, 0.15) is 20.8 Å². The molecule has 0 bridgehead atoms. The first-order valence-electron chi connectivity index (χ1n) is 8.11. The lowest BCUT2D eigenvalue weighted by Crippen LogP contribution is -2.27. The molecule has 0 atom stereocenters. The van der Waals surface area contributed by atoms with Crippen molar-refractivity contribution in [2.75, 3.05) is 17.2 Å². The maximum atomic E-state index is 13.9. The van der Waals surface area contributed by atoms with Crippen LogP contribution in [0.3, 0.4) is 0 Å². The number of hydrogen-bond donors (Lipinski definition) is 2. The molecule has 8 heteroatoms. The maximum absolute atomic E-state index is 13.9. The zero-order valence-electron chi connectivity index (χ0n) is 15.1. The van der Waals surface area contributed by atoms with Crippen LogP contribution in [0.5, 0.6) is 5.75 Å². The van der Waals surface area contributed by atoms with Crippen LogP contribution in [-0.2, 0) is 9.53 Å². The quantitative estimate of drug-likeness (QED) is 0.812. The maximum Gasteiger partial charge on any atom is 0.412 e. The summed E-state index contributed by atoms with van der Waals surface area (Å²) in [6, 6.07) is 9.31. The third-order valence-corrected chi connectivity index (χ3v) is 3.08. The van der Waals surface area contributed by atoms with Gasteiger partial charge in [0, 0.05) is 5.69 Å². The van der Waals surface area contributed by atoms with Gasteiger partial charge in [-0.15, -0.1) is 0 Å². The van der Waals surface area contributed by atoms with Gasteiger partial charge in [0.15, 0.2) is 18.2 Å². The van der Waals surface area contributed by atoms with Gasteiger partial charge >= 0.3 is 6.09 Å². The Hall–Kier alpha value is -3.16. The van der Waals surface area contributed by atoms with Gasteiger partial charge in [0.25, 0.3) is 5.91 Å². The minimum atomic E-state index is -0.826. The average molecular weight is 378 g/mol. The first-order chi connectivity index (χ1) is 12.6. The Balaban J connectivity index is 1.97. The molecule has 144 valence electrons. The zero-order chi connectivity index (χ0) is 20.0. The highest BCUT2D eigenvalue weighted by molar-refractivity contribution is 5.93. The fourth-order valence-electron chi connectivity index (χ4n) is 2.01. The summed E-state index contributed by atoms with van der Waals surface area (Å²) < 4.78 is 37.5. The summed E-state index contributed by atoms with van der Waals surface area (Å²) in [5.41, 5.74) is -0.669. The van der Waals surface area contributed by atoms with Gasteiger partial charge in [-0.05, 0) is 51.1 Å². The van der Waals surface area contributed by atoms with E-state index in [1.165, 1.54) is 30.3 Å². The van der Waals surface area contributed by atoms with E-state index in [1.54, 1.807) is 26.8 Å². The van der Waals surface area contributed by atoms with Gasteiger partial charge in [0.2, 0.25) is 0 Å². The lowest BCUT2D eigenvalue weighted by Gasteiger charge is -2.20. The predicted molar refractivity (Wildman–Crippen MR) is 96.8 cm³/mol. The first kappa shape index (κ1) is 20.2. The number of benzene rings is 2. The highest BCUT2D eigenvalue weighted by Gasteiger charge is 2.18. The number of anilines is 2. The minimum Gasteiger partial charge on any atom is -0.481 e. The molecule has 2 rings (SSSR count). The molecule has 0 aliphatic carbocycles. The molecule has 2 N–H and O–H groups in total. The third kappa shape index (κ3) is 6.58. The molecule has 0 saturated heterocycles. The Bertz CT molecular complexity index is 835. The van der Waals surface area contributed by atoms with Crippen LogP contribution in [0.25, 0.3) is 0 Å². The SMILES string of the molecule is CC(C)(C)OC(=O)Nc1cc(NC(=O)COc2ccccc2F)ccc1F. The van der Waals surface area contributed by atoms with Crippen LogP contribution >= 0.6 is 0 Å². The smallest absolute Gasteiger partial charge is 0.412 e. The van der Waals surface area contributed by atoms with Crippen molar-refractivity contribution in [1.29, 1.82) is 0 Å². The summed E-state index contributed by atoms with van der Waals surface area (Å²) in [6.07, 6.45) is -0.826. The fraction of sp³-hybridized carbons (Fsp3) is 0.263. The summed E-state index contributed by atoms with van der Waals surface area (Å²) in [6.45, 7) is 4.59. The van der Waals surface area contributed by atoms with Crippen molar-refractivity contribution in [3.63, 3.8) is 0 Å². The second-order valence-electron chi connectivity index (χ2n) is 6.59. The molecule has 0 radical (unpaired) electrons. The number of carbonyl (C=O) groups is 2. The highest BCUT2D eigenvalue weighted by Crippen LogP contribution is 2.21. The van der Waals surface area contributed by atoms with E-state index in [2.05, 4.69) is 10.6 Å². The van der Waals surface area contributed by atoms with Crippen molar-refractivity contribution in [3.05, 3.63) is 54.1 Å². The largest absolute Gasteiger partial charge is 0.481 e. The van der Waals surface area contributed by atoms with Crippen LogP contribution in [-0.4, -0.2) is 24.2 Å². The van der Waals surface area contributed by atoms with Crippen LogP contribution < -0.4 is 15.4 Å². The molecule has 0 saturated carbocycles. The summed E-state index contributed by atoms with van der Waals surface area (Å²) in [5.74, 6) is -1.91. The predicted octanol–water partition coefficient (Wildman–Crippen LogP) is 4.33. The summed E-state index contributed by atoms with van der Waals surface area (Å²) in [4.78, 5) is 23.7. The number of para-hydroxylation sites is 1. The van der Waals surface area contributed by atoms with E-state index in [1.807, 2.05) is 0 Å². The van der Waals surface area contributed by atoms with Crippen molar-refractivity contribution in [1.82, 2.24) is 0 Å². The second-order valence-corrected chi connectivity index (χ2v) is 6.59. The van der Waals surface area contributed by atoms with E-state index < -0.39 is 35.8 Å². The van der Waals surface area contributed by atoms with E-state index in [-0.39, 0.29) is 17.1 Å². The lowest BCUT2D eigenvalue weighted by molar-refractivity contribution is -0.118. The molecule has 2 aromatic rings. The van der Waals surface area contributed by atoms with Crippen LogP contribution in [0.15, 0.2) is 42.5 Å². The molecule has 6 nitrogen and oxygen atoms in total. The van der Waals surface area contributed by atoms with Gasteiger partial charge in [-0.1, -0.05) is 12.1 Å². The average Bonchev–Trinajstić information content (AvgIpc) is 2.55. The van der Waals surface area contributed by atoms with Crippen molar-refractivity contribution >= 4 is 23.4 Å². The number of rotatable bonds is 5. The number of ether oxygens (including phenoxy) is 2. The van der Waals surface area contributed by atoms with Crippen molar-refractivity contribution in [3.8, 4) is 5.75 Å². The van der Waals surface area contributed by atoms with Crippen LogP contribution in [0.4, 0.5) is 25.0 Å². The Morgan fingerprint density at radius 2 is 1.70 bits per heavy atom. The summed E-state index contributed by atoms with van der Waals surface area (Å²) >= 11 is 0. The lowest BCUT2D eigenvalue weighted by atomic mass is 10.2.